The highest BCUT2D eigenvalue weighted by atomic mass is 19.2. The zero-order valence-corrected chi connectivity index (χ0v) is 12.7. The van der Waals surface area contributed by atoms with Gasteiger partial charge in [-0.05, 0) is 60.2 Å². The summed E-state index contributed by atoms with van der Waals surface area (Å²) in [5.41, 5.74) is 3.22. The molecule has 0 saturated carbocycles. The topological polar surface area (TPSA) is 0 Å². The van der Waals surface area contributed by atoms with Gasteiger partial charge in [-0.3, -0.25) is 0 Å². The number of hydrogen-bond donors (Lipinski definition) is 0. The predicted octanol–water partition coefficient (Wildman–Crippen LogP) is 5.74. The predicted molar refractivity (Wildman–Crippen MR) is 82.1 cm³/mol. The quantitative estimate of drug-likeness (QED) is 0.384. The molecule has 0 nitrogen and oxygen atoms in total. The maximum Gasteiger partial charge on any atom is 0.194 e. The number of halogens is 4. The zero-order valence-electron chi connectivity index (χ0n) is 12.7. The van der Waals surface area contributed by atoms with E-state index in [9.17, 15) is 17.6 Å². The van der Waals surface area contributed by atoms with Gasteiger partial charge in [-0.15, -0.1) is 0 Å². The molecule has 0 atom stereocenters. The number of hydrogen-bond acceptors (Lipinski definition) is 0. The summed E-state index contributed by atoms with van der Waals surface area (Å²) in [6.07, 6.45) is 5.52. The minimum Gasteiger partial charge on any atom is -0.206 e. The average Bonchev–Trinajstić information content (AvgIpc) is 2.51. The second-order valence-corrected chi connectivity index (χ2v) is 5.85. The van der Waals surface area contributed by atoms with Gasteiger partial charge in [0.25, 0.3) is 0 Å². The van der Waals surface area contributed by atoms with Crippen molar-refractivity contribution in [3.63, 3.8) is 0 Å². The van der Waals surface area contributed by atoms with E-state index in [2.05, 4.69) is 13.0 Å². The molecule has 23 heavy (non-hydrogen) atoms. The van der Waals surface area contributed by atoms with Crippen LogP contribution < -0.4 is 0 Å². The lowest BCUT2D eigenvalue weighted by molar-refractivity contribution is 0.447. The fraction of sp³-hybridized carbons (Fsp3) is 0.263. The molecule has 0 bridgehead atoms. The number of allylic oxidation sites excluding steroid dienone is 2. The Morgan fingerprint density at radius 3 is 2.22 bits per heavy atom. The lowest BCUT2D eigenvalue weighted by atomic mass is 9.87. The lowest BCUT2D eigenvalue weighted by Gasteiger charge is -2.19. The molecule has 1 aliphatic carbocycles. The van der Waals surface area contributed by atoms with Crippen molar-refractivity contribution in [2.45, 2.75) is 32.6 Å². The van der Waals surface area contributed by atoms with Crippen LogP contribution in [0.5, 0.6) is 0 Å². The van der Waals surface area contributed by atoms with Gasteiger partial charge in [0.2, 0.25) is 0 Å². The molecule has 4 heteroatoms. The van der Waals surface area contributed by atoms with Crippen LogP contribution in [0.15, 0.2) is 35.9 Å². The van der Waals surface area contributed by atoms with Gasteiger partial charge < -0.3 is 0 Å². The third kappa shape index (κ3) is 3.03. The molecular formula is C19H16F4. The van der Waals surface area contributed by atoms with E-state index in [1.165, 1.54) is 11.6 Å². The van der Waals surface area contributed by atoms with Gasteiger partial charge in [0.05, 0.1) is 0 Å². The molecule has 2 aromatic rings. The van der Waals surface area contributed by atoms with Crippen molar-refractivity contribution in [2.24, 2.45) is 0 Å². The summed E-state index contributed by atoms with van der Waals surface area (Å²) in [6, 6.07) is 4.68. The smallest absolute Gasteiger partial charge is 0.194 e. The summed E-state index contributed by atoms with van der Waals surface area (Å²) in [5, 5.41) is 0. The Hall–Kier alpha value is -2.10. The van der Waals surface area contributed by atoms with Crippen molar-refractivity contribution in [3.05, 3.63) is 70.3 Å². The molecule has 1 aliphatic rings. The molecule has 0 radical (unpaired) electrons. The van der Waals surface area contributed by atoms with Crippen LogP contribution in [0.4, 0.5) is 17.6 Å². The van der Waals surface area contributed by atoms with Crippen molar-refractivity contribution in [2.75, 3.05) is 0 Å². The van der Waals surface area contributed by atoms with Gasteiger partial charge in [0.1, 0.15) is 5.82 Å². The first-order chi connectivity index (χ1) is 11.0. The van der Waals surface area contributed by atoms with Crippen LogP contribution >= 0.6 is 0 Å². The van der Waals surface area contributed by atoms with Crippen LogP contribution in [0, 0.1) is 23.3 Å². The molecule has 0 saturated heterocycles. The Balaban J connectivity index is 2.02. The zero-order chi connectivity index (χ0) is 16.6. The second-order valence-electron chi connectivity index (χ2n) is 5.85. The largest absolute Gasteiger partial charge is 0.206 e. The Bertz CT molecular complexity index is 767. The monoisotopic (exact) mass is 320 g/mol. The Morgan fingerprint density at radius 1 is 0.870 bits per heavy atom. The third-order valence-corrected chi connectivity index (χ3v) is 4.18. The third-order valence-electron chi connectivity index (χ3n) is 4.18. The van der Waals surface area contributed by atoms with E-state index in [-0.39, 0.29) is 11.1 Å². The van der Waals surface area contributed by atoms with E-state index >= 15 is 0 Å². The van der Waals surface area contributed by atoms with E-state index < -0.39 is 23.3 Å². The van der Waals surface area contributed by atoms with Crippen LogP contribution in [0.25, 0.3) is 11.1 Å². The summed E-state index contributed by atoms with van der Waals surface area (Å²) in [7, 11) is 0. The molecular weight excluding hydrogens is 304 g/mol. The minimum atomic E-state index is -1.54. The molecule has 0 unspecified atom stereocenters. The lowest BCUT2D eigenvalue weighted by Crippen LogP contribution is -2.05. The highest BCUT2D eigenvalue weighted by Gasteiger charge is 2.18. The summed E-state index contributed by atoms with van der Waals surface area (Å²) in [6.45, 7) is 2.09. The van der Waals surface area contributed by atoms with Crippen LogP contribution in [-0.4, -0.2) is 0 Å². The molecule has 0 heterocycles. The van der Waals surface area contributed by atoms with E-state index in [4.69, 9.17) is 0 Å². The minimum absolute atomic E-state index is 0.00466. The summed E-state index contributed by atoms with van der Waals surface area (Å²) >= 11 is 0. The summed E-state index contributed by atoms with van der Waals surface area (Å²) < 4.78 is 54.2. The Morgan fingerprint density at radius 2 is 1.57 bits per heavy atom. The summed E-state index contributed by atoms with van der Waals surface area (Å²) in [4.78, 5) is 0. The molecule has 3 rings (SSSR count). The molecule has 0 amide bonds. The van der Waals surface area contributed by atoms with Gasteiger partial charge in [0, 0.05) is 5.56 Å². The van der Waals surface area contributed by atoms with Crippen LogP contribution in [0.3, 0.4) is 0 Å². The van der Waals surface area contributed by atoms with E-state index in [1.807, 2.05) is 0 Å². The standard InChI is InChI=1S/C19H16F4/c1-2-3-11-4-5-12-7-15(16(20)8-13(12)6-11)14-9-17(21)19(23)18(22)10-14/h4,7-10H,2-3,5-6H2,1H3. The first-order valence-electron chi connectivity index (χ1n) is 7.63. The van der Waals surface area contributed by atoms with Crippen LogP contribution in [0.2, 0.25) is 0 Å². The van der Waals surface area contributed by atoms with Gasteiger partial charge in [-0.25, -0.2) is 17.6 Å². The highest BCUT2D eigenvalue weighted by Crippen LogP contribution is 2.32. The first kappa shape index (κ1) is 15.8. The van der Waals surface area contributed by atoms with Gasteiger partial charge in [-0.2, -0.15) is 0 Å². The maximum absolute atomic E-state index is 14.4. The van der Waals surface area contributed by atoms with Gasteiger partial charge >= 0.3 is 0 Å². The van der Waals surface area contributed by atoms with Gasteiger partial charge in [-0.1, -0.05) is 25.0 Å². The highest BCUT2D eigenvalue weighted by molar-refractivity contribution is 5.66. The SMILES string of the molecule is CCCC1=CCc2cc(-c3cc(F)c(F)c(F)c3)c(F)cc2C1. The second kappa shape index (κ2) is 6.19. The normalized spacial score (nSPS) is 13.7. The molecule has 2 aromatic carbocycles. The number of benzene rings is 2. The van der Waals surface area contributed by atoms with Crippen LogP contribution in [0.1, 0.15) is 30.9 Å². The molecule has 0 fully saturated rings. The van der Waals surface area contributed by atoms with Crippen molar-refractivity contribution in [1.82, 2.24) is 0 Å². The van der Waals surface area contributed by atoms with Crippen LogP contribution in [-0.2, 0) is 12.8 Å². The van der Waals surface area contributed by atoms with Crippen molar-refractivity contribution >= 4 is 0 Å². The molecule has 120 valence electrons. The van der Waals surface area contributed by atoms with E-state index in [0.717, 1.165) is 36.1 Å². The van der Waals surface area contributed by atoms with Gasteiger partial charge in [0.15, 0.2) is 17.5 Å². The van der Waals surface area contributed by atoms with Crippen molar-refractivity contribution in [1.29, 1.82) is 0 Å². The van der Waals surface area contributed by atoms with Crippen molar-refractivity contribution in [3.8, 4) is 11.1 Å². The number of rotatable bonds is 3. The molecule has 0 spiro atoms. The summed E-state index contributed by atoms with van der Waals surface area (Å²) in [5.74, 6) is -4.73. The number of fused-ring (bicyclic) bond motifs is 1. The molecule has 0 N–H and O–H groups in total. The molecule has 0 aliphatic heterocycles. The Kier molecular flexibility index (Phi) is 4.24. The van der Waals surface area contributed by atoms with Crippen molar-refractivity contribution < 1.29 is 17.6 Å². The van der Waals surface area contributed by atoms with E-state index in [1.54, 1.807) is 6.07 Å². The fourth-order valence-electron chi connectivity index (χ4n) is 3.03. The average molecular weight is 320 g/mol. The maximum atomic E-state index is 14.4. The first-order valence-corrected chi connectivity index (χ1v) is 7.63. The Labute approximate surface area is 132 Å². The van der Waals surface area contributed by atoms with E-state index in [0.29, 0.717) is 12.8 Å². The molecule has 0 aromatic heterocycles. The fourth-order valence-corrected chi connectivity index (χ4v) is 3.03.